The minimum atomic E-state index is 0.258. The zero-order valence-corrected chi connectivity index (χ0v) is 9.35. The first-order valence-electron chi connectivity index (χ1n) is 5.71. The maximum Gasteiger partial charge on any atom is 0.222 e. The largest absolute Gasteiger partial charge is 0.338 e. The smallest absolute Gasteiger partial charge is 0.222 e. The highest BCUT2D eigenvalue weighted by molar-refractivity contribution is 5.76. The molecule has 1 aliphatic heterocycles. The first-order valence-corrected chi connectivity index (χ1v) is 5.71. The minimum absolute atomic E-state index is 0.258. The van der Waals surface area contributed by atoms with Gasteiger partial charge in [-0.1, -0.05) is 6.07 Å². The second-order valence-corrected chi connectivity index (χ2v) is 4.13. The van der Waals surface area contributed by atoms with Gasteiger partial charge in [-0.3, -0.25) is 9.78 Å². The molecule has 0 bridgehead atoms. The summed E-state index contributed by atoms with van der Waals surface area (Å²) in [4.78, 5) is 17.7. The molecule has 1 aromatic heterocycles. The Morgan fingerprint density at radius 3 is 2.88 bits per heavy atom. The number of carbonyl (C=O) groups excluding carboxylic acids is 1. The van der Waals surface area contributed by atoms with Crippen LogP contribution < -0.4 is 5.73 Å². The number of piperidine rings is 1. The van der Waals surface area contributed by atoms with Gasteiger partial charge in [-0.05, 0) is 24.5 Å². The van der Waals surface area contributed by atoms with Crippen molar-refractivity contribution >= 4 is 5.91 Å². The summed E-state index contributed by atoms with van der Waals surface area (Å²) >= 11 is 0. The van der Waals surface area contributed by atoms with Gasteiger partial charge in [-0.2, -0.15) is 0 Å². The maximum atomic E-state index is 11.6. The number of rotatable bonds is 3. The van der Waals surface area contributed by atoms with Crippen LogP contribution in [0.2, 0.25) is 0 Å². The van der Waals surface area contributed by atoms with E-state index in [9.17, 15) is 4.79 Å². The quantitative estimate of drug-likeness (QED) is 0.826. The van der Waals surface area contributed by atoms with Crippen molar-refractivity contribution in [2.75, 3.05) is 6.54 Å². The summed E-state index contributed by atoms with van der Waals surface area (Å²) in [6.45, 7) is 2.01. The Kier molecular flexibility index (Phi) is 3.51. The summed E-state index contributed by atoms with van der Waals surface area (Å²) < 4.78 is 0. The Balaban J connectivity index is 1.99. The molecule has 1 aliphatic rings. The molecule has 1 amide bonds. The third-order valence-corrected chi connectivity index (χ3v) is 2.89. The minimum Gasteiger partial charge on any atom is -0.338 e. The molecule has 4 nitrogen and oxygen atoms in total. The lowest BCUT2D eigenvalue weighted by Crippen LogP contribution is -2.34. The Hall–Kier alpha value is -1.42. The van der Waals surface area contributed by atoms with Crippen LogP contribution in [0.1, 0.15) is 30.5 Å². The summed E-state index contributed by atoms with van der Waals surface area (Å²) in [6, 6.07) is 3.92. The first kappa shape index (κ1) is 11.1. The summed E-state index contributed by atoms with van der Waals surface area (Å²) in [5.41, 5.74) is 7.44. The van der Waals surface area contributed by atoms with Crippen LogP contribution in [-0.2, 0) is 17.9 Å². The number of carbonyl (C=O) groups is 1. The van der Waals surface area contributed by atoms with E-state index in [1.165, 1.54) is 0 Å². The van der Waals surface area contributed by atoms with Gasteiger partial charge in [-0.25, -0.2) is 0 Å². The number of pyridine rings is 1. The summed E-state index contributed by atoms with van der Waals surface area (Å²) in [5.74, 6) is 0.258. The molecule has 0 saturated carbocycles. The Morgan fingerprint density at radius 2 is 2.25 bits per heavy atom. The van der Waals surface area contributed by atoms with Gasteiger partial charge in [0.25, 0.3) is 0 Å². The monoisotopic (exact) mass is 219 g/mol. The van der Waals surface area contributed by atoms with Crippen LogP contribution in [-0.4, -0.2) is 22.3 Å². The van der Waals surface area contributed by atoms with E-state index in [-0.39, 0.29) is 5.91 Å². The molecule has 1 saturated heterocycles. The average molecular weight is 219 g/mol. The molecule has 1 aromatic rings. The van der Waals surface area contributed by atoms with Crippen LogP contribution in [0.25, 0.3) is 0 Å². The fraction of sp³-hybridized carbons (Fsp3) is 0.500. The molecular weight excluding hydrogens is 202 g/mol. The summed E-state index contributed by atoms with van der Waals surface area (Å²) in [7, 11) is 0. The third-order valence-electron chi connectivity index (χ3n) is 2.89. The zero-order valence-electron chi connectivity index (χ0n) is 9.35. The number of likely N-dealkylation sites (tertiary alicyclic amines) is 1. The van der Waals surface area contributed by atoms with Gasteiger partial charge < -0.3 is 10.6 Å². The molecule has 0 aromatic carbocycles. The van der Waals surface area contributed by atoms with Gasteiger partial charge >= 0.3 is 0 Å². The van der Waals surface area contributed by atoms with Crippen molar-refractivity contribution in [3.05, 3.63) is 29.6 Å². The SMILES string of the molecule is NCc1ccc(CN2CCCCC2=O)cn1. The predicted octanol–water partition coefficient (Wildman–Crippen LogP) is 1.05. The molecule has 86 valence electrons. The number of hydrogen-bond acceptors (Lipinski definition) is 3. The number of nitrogens with two attached hydrogens (primary N) is 1. The van der Waals surface area contributed by atoms with E-state index >= 15 is 0 Å². The predicted molar refractivity (Wildman–Crippen MR) is 61.4 cm³/mol. The van der Waals surface area contributed by atoms with Crippen LogP contribution in [0.3, 0.4) is 0 Å². The molecular formula is C12H17N3O. The lowest BCUT2D eigenvalue weighted by molar-refractivity contribution is -0.133. The normalized spacial score (nSPS) is 16.6. The average Bonchev–Trinajstić information content (AvgIpc) is 2.33. The Bertz CT molecular complexity index is 361. The van der Waals surface area contributed by atoms with Crippen molar-refractivity contribution in [3.8, 4) is 0 Å². The second kappa shape index (κ2) is 5.07. The van der Waals surface area contributed by atoms with E-state index in [1.54, 1.807) is 0 Å². The standard InChI is InChI=1S/C12H17N3O/c13-7-11-5-4-10(8-14-11)9-15-6-2-1-3-12(15)16/h4-5,8H,1-3,6-7,9,13H2. The number of hydrogen-bond donors (Lipinski definition) is 1. The van der Waals surface area contributed by atoms with E-state index < -0.39 is 0 Å². The van der Waals surface area contributed by atoms with Crippen molar-refractivity contribution in [1.82, 2.24) is 9.88 Å². The molecule has 0 aliphatic carbocycles. The van der Waals surface area contributed by atoms with E-state index in [2.05, 4.69) is 4.98 Å². The molecule has 0 atom stereocenters. The molecule has 2 rings (SSSR count). The topological polar surface area (TPSA) is 59.2 Å². The fourth-order valence-electron chi connectivity index (χ4n) is 1.92. The van der Waals surface area contributed by atoms with Crippen molar-refractivity contribution < 1.29 is 4.79 Å². The lowest BCUT2D eigenvalue weighted by atomic mass is 10.1. The number of amides is 1. The molecule has 1 fully saturated rings. The van der Waals surface area contributed by atoms with E-state index in [4.69, 9.17) is 5.73 Å². The lowest BCUT2D eigenvalue weighted by Gasteiger charge is -2.26. The fourth-order valence-corrected chi connectivity index (χ4v) is 1.92. The molecule has 0 unspecified atom stereocenters. The summed E-state index contributed by atoms with van der Waals surface area (Å²) in [5, 5.41) is 0. The second-order valence-electron chi connectivity index (χ2n) is 4.13. The zero-order chi connectivity index (χ0) is 11.4. The third kappa shape index (κ3) is 2.58. The van der Waals surface area contributed by atoms with E-state index in [0.29, 0.717) is 19.5 Å². The van der Waals surface area contributed by atoms with Crippen LogP contribution in [0.4, 0.5) is 0 Å². The van der Waals surface area contributed by atoms with Gasteiger partial charge in [0, 0.05) is 32.3 Å². The molecule has 16 heavy (non-hydrogen) atoms. The van der Waals surface area contributed by atoms with Gasteiger partial charge in [-0.15, -0.1) is 0 Å². The molecule has 0 radical (unpaired) electrons. The number of nitrogens with zero attached hydrogens (tertiary/aromatic N) is 2. The Labute approximate surface area is 95.5 Å². The number of aromatic nitrogens is 1. The molecule has 2 N–H and O–H groups in total. The van der Waals surface area contributed by atoms with Crippen molar-refractivity contribution in [2.45, 2.75) is 32.4 Å². The highest BCUT2D eigenvalue weighted by Crippen LogP contribution is 2.13. The van der Waals surface area contributed by atoms with Crippen LogP contribution in [0.5, 0.6) is 0 Å². The molecule has 2 heterocycles. The van der Waals surface area contributed by atoms with Gasteiger partial charge in [0.1, 0.15) is 0 Å². The van der Waals surface area contributed by atoms with Crippen LogP contribution >= 0.6 is 0 Å². The molecule has 0 spiro atoms. The van der Waals surface area contributed by atoms with Crippen LogP contribution in [0.15, 0.2) is 18.3 Å². The van der Waals surface area contributed by atoms with Gasteiger partial charge in [0.05, 0.1) is 5.69 Å². The highest BCUT2D eigenvalue weighted by Gasteiger charge is 2.17. The van der Waals surface area contributed by atoms with E-state index in [1.807, 2.05) is 23.2 Å². The first-order chi connectivity index (χ1) is 7.79. The van der Waals surface area contributed by atoms with E-state index in [0.717, 1.165) is 30.6 Å². The van der Waals surface area contributed by atoms with Gasteiger partial charge in [0.15, 0.2) is 0 Å². The highest BCUT2D eigenvalue weighted by atomic mass is 16.2. The molecule has 4 heteroatoms. The maximum absolute atomic E-state index is 11.6. The van der Waals surface area contributed by atoms with Crippen LogP contribution in [0, 0.1) is 0 Å². The van der Waals surface area contributed by atoms with Gasteiger partial charge in [0.2, 0.25) is 5.91 Å². The summed E-state index contributed by atoms with van der Waals surface area (Å²) in [6.07, 6.45) is 4.64. The Morgan fingerprint density at radius 1 is 1.38 bits per heavy atom. The van der Waals surface area contributed by atoms with Crippen molar-refractivity contribution in [2.24, 2.45) is 5.73 Å². The van der Waals surface area contributed by atoms with Crippen molar-refractivity contribution in [1.29, 1.82) is 0 Å². The van der Waals surface area contributed by atoms with Crippen molar-refractivity contribution in [3.63, 3.8) is 0 Å².